The zero-order valence-electron chi connectivity index (χ0n) is 13.3. The normalized spacial score (nSPS) is 10.8. The van der Waals surface area contributed by atoms with Crippen molar-refractivity contribution in [2.75, 3.05) is 19.5 Å². The molecule has 0 bridgehead atoms. The second kappa shape index (κ2) is 7.31. The van der Waals surface area contributed by atoms with Gasteiger partial charge in [0.2, 0.25) is 0 Å². The van der Waals surface area contributed by atoms with Gasteiger partial charge >= 0.3 is 5.97 Å². The summed E-state index contributed by atoms with van der Waals surface area (Å²) in [5.74, 6) is 1.35. The van der Waals surface area contributed by atoms with Crippen molar-refractivity contribution in [2.45, 2.75) is 11.9 Å². The molecule has 3 rings (SSSR count). The molecule has 0 saturated carbocycles. The number of esters is 1. The molecule has 3 aromatic rings. The lowest BCUT2D eigenvalue weighted by atomic mass is 10.2. The van der Waals surface area contributed by atoms with Gasteiger partial charge in [-0.05, 0) is 43.3 Å². The van der Waals surface area contributed by atoms with Gasteiger partial charge in [0.15, 0.2) is 11.5 Å². The molecule has 124 valence electrons. The highest BCUT2D eigenvalue weighted by Crippen LogP contribution is 2.23. The number of aromatic nitrogens is 4. The SMILES string of the molecule is CCOc1ccc(-c2nnc3ccc(SCC(=O)OC)nn23)cc1. The number of carbonyl (C=O) groups excluding carboxylic acids is 1. The van der Waals surface area contributed by atoms with Crippen LogP contribution in [0.15, 0.2) is 41.4 Å². The maximum Gasteiger partial charge on any atom is 0.316 e. The summed E-state index contributed by atoms with van der Waals surface area (Å²) in [6.45, 7) is 2.56. The molecule has 0 aliphatic carbocycles. The highest BCUT2D eigenvalue weighted by Gasteiger charge is 2.11. The summed E-state index contributed by atoms with van der Waals surface area (Å²) < 4.78 is 11.7. The van der Waals surface area contributed by atoms with Gasteiger partial charge < -0.3 is 9.47 Å². The third-order valence-corrected chi connectivity index (χ3v) is 4.12. The minimum absolute atomic E-state index is 0.204. The molecular formula is C16H16N4O3S. The Hall–Kier alpha value is -2.61. The van der Waals surface area contributed by atoms with E-state index >= 15 is 0 Å². The zero-order valence-corrected chi connectivity index (χ0v) is 14.1. The predicted molar refractivity (Wildman–Crippen MR) is 90.1 cm³/mol. The van der Waals surface area contributed by atoms with E-state index in [-0.39, 0.29) is 11.7 Å². The Labute approximate surface area is 143 Å². The number of thioether (sulfide) groups is 1. The van der Waals surface area contributed by atoms with Crippen molar-refractivity contribution in [3.8, 4) is 17.1 Å². The van der Waals surface area contributed by atoms with Gasteiger partial charge in [0, 0.05) is 5.56 Å². The molecule has 7 nitrogen and oxygen atoms in total. The first-order valence-electron chi connectivity index (χ1n) is 7.36. The Morgan fingerprint density at radius 1 is 1.17 bits per heavy atom. The van der Waals surface area contributed by atoms with Gasteiger partial charge in [-0.3, -0.25) is 4.79 Å². The summed E-state index contributed by atoms with van der Waals surface area (Å²) in [7, 11) is 1.36. The summed E-state index contributed by atoms with van der Waals surface area (Å²) in [4.78, 5) is 11.3. The van der Waals surface area contributed by atoms with E-state index in [1.165, 1.54) is 18.9 Å². The molecule has 0 radical (unpaired) electrons. The molecule has 0 aliphatic rings. The van der Waals surface area contributed by atoms with Gasteiger partial charge in [-0.15, -0.1) is 10.2 Å². The van der Waals surface area contributed by atoms with Gasteiger partial charge in [0.25, 0.3) is 0 Å². The lowest BCUT2D eigenvalue weighted by Gasteiger charge is -2.05. The van der Waals surface area contributed by atoms with Gasteiger partial charge in [-0.25, -0.2) is 0 Å². The molecular weight excluding hydrogens is 328 g/mol. The van der Waals surface area contributed by atoms with Crippen molar-refractivity contribution in [2.24, 2.45) is 0 Å². The van der Waals surface area contributed by atoms with Crippen molar-refractivity contribution in [3.05, 3.63) is 36.4 Å². The quantitative estimate of drug-likeness (QED) is 0.502. The van der Waals surface area contributed by atoms with Crippen molar-refractivity contribution in [1.29, 1.82) is 0 Å². The summed E-state index contributed by atoms with van der Waals surface area (Å²) in [6, 6.07) is 11.2. The Morgan fingerprint density at radius 3 is 2.67 bits per heavy atom. The molecule has 0 unspecified atom stereocenters. The number of benzene rings is 1. The molecule has 0 N–H and O–H groups in total. The van der Waals surface area contributed by atoms with Crippen LogP contribution < -0.4 is 4.74 Å². The Morgan fingerprint density at radius 2 is 1.96 bits per heavy atom. The van der Waals surface area contributed by atoms with E-state index in [9.17, 15) is 4.79 Å². The lowest BCUT2D eigenvalue weighted by molar-refractivity contribution is -0.137. The van der Waals surface area contributed by atoms with Crippen LogP contribution in [0.1, 0.15) is 6.92 Å². The van der Waals surface area contributed by atoms with E-state index in [4.69, 9.17) is 4.74 Å². The van der Waals surface area contributed by atoms with Crippen LogP contribution in [0.5, 0.6) is 5.75 Å². The molecule has 2 aromatic heterocycles. The third-order valence-electron chi connectivity index (χ3n) is 3.23. The fourth-order valence-corrected chi connectivity index (χ4v) is 2.77. The first kappa shape index (κ1) is 16.3. The Bertz CT molecular complexity index is 848. The topological polar surface area (TPSA) is 78.6 Å². The van der Waals surface area contributed by atoms with Gasteiger partial charge in [0.1, 0.15) is 10.8 Å². The number of ether oxygens (including phenoxy) is 2. The molecule has 24 heavy (non-hydrogen) atoms. The maximum atomic E-state index is 11.3. The van der Waals surface area contributed by atoms with Gasteiger partial charge in [-0.1, -0.05) is 11.8 Å². The molecule has 0 spiro atoms. The molecule has 8 heteroatoms. The first-order chi connectivity index (χ1) is 11.7. The standard InChI is InChI=1S/C16H16N4O3S/c1-3-23-12-6-4-11(5-7-12)16-18-17-13-8-9-14(19-20(13)16)24-10-15(21)22-2/h4-9H,3,10H2,1-2H3. The van der Waals surface area contributed by atoms with Gasteiger partial charge in [0.05, 0.1) is 19.5 Å². The molecule has 0 amide bonds. The van der Waals surface area contributed by atoms with Gasteiger partial charge in [-0.2, -0.15) is 9.61 Å². The average Bonchev–Trinajstić information content (AvgIpc) is 3.04. The van der Waals surface area contributed by atoms with E-state index in [2.05, 4.69) is 20.0 Å². The average molecular weight is 344 g/mol. The Balaban J connectivity index is 1.89. The smallest absolute Gasteiger partial charge is 0.316 e. The van der Waals surface area contributed by atoms with Crippen LogP contribution in [0.2, 0.25) is 0 Å². The van der Waals surface area contributed by atoms with Crippen molar-refractivity contribution >= 4 is 23.4 Å². The summed E-state index contributed by atoms with van der Waals surface area (Å²) in [5.41, 5.74) is 1.52. The number of hydrogen-bond donors (Lipinski definition) is 0. The molecule has 0 aliphatic heterocycles. The van der Waals surface area contributed by atoms with Crippen molar-refractivity contribution in [1.82, 2.24) is 19.8 Å². The summed E-state index contributed by atoms with van der Waals surface area (Å²) in [5, 5.41) is 13.5. The number of fused-ring (bicyclic) bond motifs is 1. The first-order valence-corrected chi connectivity index (χ1v) is 8.35. The number of hydrogen-bond acceptors (Lipinski definition) is 7. The fraction of sp³-hybridized carbons (Fsp3) is 0.250. The molecule has 0 fully saturated rings. The number of carbonyl (C=O) groups is 1. The lowest BCUT2D eigenvalue weighted by Crippen LogP contribution is -2.04. The monoisotopic (exact) mass is 344 g/mol. The van der Waals surface area contributed by atoms with Crippen LogP contribution in [0.4, 0.5) is 0 Å². The second-order valence-corrected chi connectivity index (χ2v) is 5.78. The van der Waals surface area contributed by atoms with Crippen LogP contribution in [-0.2, 0) is 9.53 Å². The minimum atomic E-state index is -0.294. The second-order valence-electron chi connectivity index (χ2n) is 4.79. The van der Waals surface area contributed by atoms with Crippen LogP contribution in [-0.4, -0.2) is 45.3 Å². The van der Waals surface area contributed by atoms with Crippen LogP contribution in [0.3, 0.4) is 0 Å². The molecule has 2 heterocycles. The van der Waals surface area contributed by atoms with E-state index in [1.807, 2.05) is 37.3 Å². The van der Waals surface area contributed by atoms with E-state index in [0.717, 1.165) is 11.3 Å². The molecule has 0 atom stereocenters. The fourth-order valence-electron chi connectivity index (χ4n) is 2.09. The molecule has 0 saturated heterocycles. The Kier molecular flexibility index (Phi) is 4.95. The minimum Gasteiger partial charge on any atom is -0.494 e. The highest BCUT2D eigenvalue weighted by molar-refractivity contribution is 7.99. The third kappa shape index (κ3) is 3.48. The van der Waals surface area contributed by atoms with E-state index in [0.29, 0.717) is 23.1 Å². The number of nitrogens with zero attached hydrogens (tertiary/aromatic N) is 4. The van der Waals surface area contributed by atoms with Crippen molar-refractivity contribution < 1.29 is 14.3 Å². The van der Waals surface area contributed by atoms with Crippen LogP contribution in [0, 0.1) is 0 Å². The van der Waals surface area contributed by atoms with Crippen LogP contribution in [0.25, 0.3) is 17.0 Å². The summed E-state index contributed by atoms with van der Waals surface area (Å²) in [6.07, 6.45) is 0. The highest BCUT2D eigenvalue weighted by atomic mass is 32.2. The van der Waals surface area contributed by atoms with E-state index in [1.54, 1.807) is 10.6 Å². The number of rotatable bonds is 6. The van der Waals surface area contributed by atoms with Crippen LogP contribution >= 0.6 is 11.8 Å². The zero-order chi connectivity index (χ0) is 16.9. The summed E-state index contributed by atoms with van der Waals surface area (Å²) >= 11 is 1.30. The largest absolute Gasteiger partial charge is 0.494 e. The van der Waals surface area contributed by atoms with E-state index < -0.39 is 0 Å². The molecule has 1 aromatic carbocycles. The maximum absolute atomic E-state index is 11.3. The predicted octanol–water partition coefficient (Wildman–Crippen LogP) is 2.46. The van der Waals surface area contributed by atoms with Crippen molar-refractivity contribution in [3.63, 3.8) is 0 Å². The number of methoxy groups -OCH3 is 1.